The van der Waals surface area contributed by atoms with E-state index >= 15 is 8.78 Å². The van der Waals surface area contributed by atoms with E-state index in [1.807, 2.05) is 0 Å². The Morgan fingerprint density at radius 1 is 1.02 bits per heavy atom. The van der Waals surface area contributed by atoms with Crippen molar-refractivity contribution in [1.29, 1.82) is 5.41 Å². The van der Waals surface area contributed by atoms with Crippen LogP contribution in [0, 0.1) is 17.0 Å². The first-order chi connectivity index (χ1) is 21.6. The first-order valence-corrected chi connectivity index (χ1v) is 13.5. The van der Waals surface area contributed by atoms with Crippen molar-refractivity contribution in [2.45, 2.75) is 18.9 Å². The van der Waals surface area contributed by atoms with E-state index in [1.165, 1.54) is 12.1 Å². The molecule has 13 heteroatoms. The number of benzene rings is 3. The van der Waals surface area contributed by atoms with Crippen LogP contribution in [0.25, 0.3) is 11.4 Å². The number of nitrogens with zero attached hydrogens (tertiary/aromatic N) is 3. The van der Waals surface area contributed by atoms with E-state index in [0.29, 0.717) is 11.4 Å². The Balaban J connectivity index is 1.54. The van der Waals surface area contributed by atoms with Crippen LogP contribution in [-0.2, 0) is 18.3 Å². The molecule has 0 amide bonds. The summed E-state index contributed by atoms with van der Waals surface area (Å²) in [5, 5.41) is 27.8. The highest BCUT2D eigenvalue weighted by atomic mass is 19.1. The molecule has 5 aromatic rings. The number of aliphatic carboxylic acids is 1. The van der Waals surface area contributed by atoms with Gasteiger partial charge in [-0.25, -0.2) is 9.78 Å². The third kappa shape index (κ3) is 6.99. The highest BCUT2D eigenvalue weighted by Crippen LogP contribution is 2.40. The van der Waals surface area contributed by atoms with Crippen molar-refractivity contribution >= 4 is 11.8 Å². The molecule has 0 saturated carbocycles. The van der Waals surface area contributed by atoms with Crippen LogP contribution >= 0.6 is 0 Å². The number of amidine groups is 1. The first-order valence-electron chi connectivity index (χ1n) is 13.5. The van der Waals surface area contributed by atoms with Crippen molar-refractivity contribution in [3.05, 3.63) is 108 Å². The Kier molecular flexibility index (Phi) is 8.89. The minimum atomic E-state index is -1.67. The number of aromatic hydroxyl groups is 1. The fourth-order valence-electron chi connectivity index (χ4n) is 4.36. The lowest BCUT2D eigenvalue weighted by Crippen LogP contribution is -2.28. The van der Waals surface area contributed by atoms with Crippen LogP contribution in [0.1, 0.15) is 17.5 Å². The molecule has 5 rings (SSSR count). The monoisotopic (exact) mass is 615 g/mol. The van der Waals surface area contributed by atoms with Crippen LogP contribution in [0.2, 0.25) is 0 Å². The van der Waals surface area contributed by atoms with E-state index in [4.69, 9.17) is 25.4 Å². The summed E-state index contributed by atoms with van der Waals surface area (Å²) in [6, 6.07) is 19.0. The summed E-state index contributed by atoms with van der Waals surface area (Å²) in [6.45, 7) is 0. The van der Waals surface area contributed by atoms with Crippen LogP contribution in [0.4, 0.5) is 8.78 Å². The Morgan fingerprint density at radius 2 is 1.76 bits per heavy atom. The predicted octanol–water partition coefficient (Wildman–Crippen LogP) is 5.80. The number of carboxylic acid groups (broad SMARTS) is 1. The number of ether oxygens (including phenoxy) is 3. The number of carbonyl (C=O) groups is 1. The van der Waals surface area contributed by atoms with Crippen molar-refractivity contribution < 1.29 is 38.0 Å². The highest BCUT2D eigenvalue weighted by molar-refractivity contribution is 5.95. The van der Waals surface area contributed by atoms with E-state index < -0.39 is 47.0 Å². The zero-order valence-corrected chi connectivity index (χ0v) is 23.8. The topological polar surface area (TPSA) is 166 Å². The average molecular weight is 616 g/mol. The van der Waals surface area contributed by atoms with Crippen molar-refractivity contribution in [3.63, 3.8) is 0 Å². The lowest BCUT2D eigenvalue weighted by molar-refractivity contribution is -0.145. The largest absolute Gasteiger partial charge is 0.504 e. The molecular weight excluding hydrogens is 588 g/mol. The summed E-state index contributed by atoms with van der Waals surface area (Å²) >= 11 is 0. The van der Waals surface area contributed by atoms with E-state index in [9.17, 15) is 15.0 Å². The maximum atomic E-state index is 15.9. The molecule has 0 aliphatic carbocycles. The molecule has 3 aromatic carbocycles. The zero-order valence-electron chi connectivity index (χ0n) is 23.8. The van der Waals surface area contributed by atoms with E-state index in [-0.39, 0.29) is 35.7 Å². The smallest absolute Gasteiger partial charge is 0.344 e. The van der Waals surface area contributed by atoms with Crippen LogP contribution in [-0.4, -0.2) is 42.7 Å². The maximum Gasteiger partial charge on any atom is 0.344 e. The van der Waals surface area contributed by atoms with Gasteiger partial charge in [-0.05, 0) is 48.7 Å². The number of aromatic nitrogens is 3. The summed E-state index contributed by atoms with van der Waals surface area (Å²) in [5.41, 5.74) is 7.08. The number of carboxylic acids is 1. The van der Waals surface area contributed by atoms with Gasteiger partial charge < -0.3 is 34.7 Å². The lowest BCUT2D eigenvalue weighted by Gasteiger charge is -2.19. The van der Waals surface area contributed by atoms with Gasteiger partial charge in [-0.3, -0.25) is 5.41 Å². The Bertz CT molecular complexity index is 1860. The molecular formula is C32H27F2N5O6. The second kappa shape index (κ2) is 13.1. The molecule has 11 nitrogen and oxygen atoms in total. The number of hydrogen-bond acceptors (Lipinski definition) is 8. The van der Waals surface area contributed by atoms with Gasteiger partial charge in [-0.15, -0.1) is 0 Å². The number of imidazole rings is 1. The third-order valence-corrected chi connectivity index (χ3v) is 6.66. The van der Waals surface area contributed by atoms with Crippen molar-refractivity contribution in [2.24, 2.45) is 12.8 Å². The van der Waals surface area contributed by atoms with E-state index in [0.717, 1.165) is 17.7 Å². The van der Waals surface area contributed by atoms with Gasteiger partial charge in [0.15, 0.2) is 17.6 Å². The number of halogens is 2. The minimum Gasteiger partial charge on any atom is -0.504 e. The Hall–Kier alpha value is -5.98. The molecule has 1 unspecified atom stereocenters. The third-order valence-electron chi connectivity index (χ3n) is 6.66. The number of phenolic OH excluding ortho intramolecular Hbond substituents is 1. The molecule has 45 heavy (non-hydrogen) atoms. The molecule has 2 heterocycles. The van der Waals surface area contributed by atoms with Crippen LogP contribution < -0.4 is 19.9 Å². The second-order valence-electron chi connectivity index (χ2n) is 9.84. The van der Waals surface area contributed by atoms with Crippen molar-refractivity contribution in [3.8, 4) is 46.1 Å². The number of nitrogen functional groups attached to an aromatic ring is 1. The molecule has 230 valence electrons. The normalized spacial score (nSPS) is 11.5. The van der Waals surface area contributed by atoms with E-state index in [1.54, 1.807) is 72.5 Å². The number of hydrogen-bond donors (Lipinski definition) is 4. The summed E-state index contributed by atoms with van der Waals surface area (Å²) in [6.07, 6.45) is 1.79. The van der Waals surface area contributed by atoms with Crippen molar-refractivity contribution in [2.75, 3.05) is 0 Å². The average Bonchev–Trinajstić information content (AvgIpc) is 3.46. The van der Waals surface area contributed by atoms with Gasteiger partial charge in [0.2, 0.25) is 17.4 Å². The van der Waals surface area contributed by atoms with Gasteiger partial charge >= 0.3 is 5.97 Å². The summed E-state index contributed by atoms with van der Waals surface area (Å²) in [5.74, 6) is -7.70. The maximum absolute atomic E-state index is 15.9. The summed E-state index contributed by atoms with van der Waals surface area (Å²) < 4.78 is 50.1. The summed E-state index contributed by atoms with van der Waals surface area (Å²) in [4.78, 5) is 20.2. The molecule has 0 spiro atoms. The van der Waals surface area contributed by atoms with E-state index in [2.05, 4.69) is 9.97 Å². The predicted molar refractivity (Wildman–Crippen MR) is 159 cm³/mol. The van der Waals surface area contributed by atoms with Gasteiger partial charge in [-0.2, -0.15) is 13.8 Å². The number of pyridine rings is 1. The van der Waals surface area contributed by atoms with Crippen LogP contribution in [0.3, 0.4) is 0 Å². The van der Waals surface area contributed by atoms with Gasteiger partial charge in [0.25, 0.3) is 11.8 Å². The molecule has 1 atom stereocenters. The summed E-state index contributed by atoms with van der Waals surface area (Å²) in [7, 11) is 1.79. The molecule has 5 N–H and O–H groups in total. The minimum absolute atomic E-state index is 0.0886. The number of nitrogens with two attached hydrogens (primary N) is 1. The van der Waals surface area contributed by atoms with Gasteiger partial charge in [-0.1, -0.05) is 42.5 Å². The SMILES string of the molecule is Cn1ccnc1-c1cccc(Oc2nc(Oc3cc(C(=N)N)ccc3O)c(F)c(OC(CCc3ccccc3)C(=O)O)c2F)c1. The fourth-order valence-corrected chi connectivity index (χ4v) is 4.36. The molecule has 2 aromatic heterocycles. The molecule has 0 radical (unpaired) electrons. The molecule has 0 aliphatic heterocycles. The zero-order chi connectivity index (χ0) is 32.1. The molecule has 0 fully saturated rings. The lowest BCUT2D eigenvalue weighted by atomic mass is 10.1. The molecule has 0 aliphatic rings. The second-order valence-corrected chi connectivity index (χ2v) is 9.84. The standard InChI is InChI=1S/C32H27F2N5O6/c1-39-15-14-37-29(39)20-8-5-9-21(16-20)43-30-25(33)27(44-23(32(41)42)13-10-18-6-3-2-4-7-18)26(34)31(38-30)45-24-17-19(28(35)36)11-12-22(24)40/h2-9,11-12,14-17,23,40H,10,13H2,1H3,(H3,35,36)(H,41,42). The van der Waals surface area contributed by atoms with Gasteiger partial charge in [0.1, 0.15) is 17.4 Å². The number of rotatable bonds is 12. The number of phenols is 1. The first kappa shape index (κ1) is 30.5. The molecule has 0 bridgehead atoms. The van der Waals surface area contributed by atoms with Crippen molar-refractivity contribution in [1.82, 2.24) is 14.5 Å². The van der Waals surface area contributed by atoms with Gasteiger partial charge in [0, 0.05) is 30.6 Å². The van der Waals surface area contributed by atoms with Gasteiger partial charge in [0.05, 0.1) is 0 Å². The number of nitrogens with one attached hydrogen (secondary N) is 1. The highest BCUT2D eigenvalue weighted by Gasteiger charge is 2.30. The number of aryl methyl sites for hydroxylation is 2. The van der Waals surface area contributed by atoms with Crippen LogP contribution in [0.15, 0.2) is 85.2 Å². The quantitative estimate of drug-likeness (QED) is 0.100. The van der Waals surface area contributed by atoms with Crippen LogP contribution in [0.5, 0.6) is 34.8 Å². The Morgan fingerprint density at radius 3 is 2.42 bits per heavy atom. The Labute approximate surface area is 255 Å². The molecule has 0 saturated heterocycles. The fraction of sp³-hybridized carbons (Fsp3) is 0.125.